The molecule has 0 radical (unpaired) electrons. The molecule has 0 spiro atoms. The van der Waals surface area contributed by atoms with Gasteiger partial charge in [-0.1, -0.05) is 26.0 Å². The molecule has 0 rings (SSSR count). The van der Waals surface area contributed by atoms with Gasteiger partial charge in [-0.3, -0.25) is 0 Å². The van der Waals surface area contributed by atoms with E-state index in [1.54, 1.807) is 6.92 Å². The molecule has 15 heavy (non-hydrogen) atoms. The van der Waals surface area contributed by atoms with Crippen molar-refractivity contribution in [2.45, 2.75) is 65.8 Å². The van der Waals surface area contributed by atoms with Crippen LogP contribution in [-0.4, -0.2) is 23.4 Å². The van der Waals surface area contributed by atoms with E-state index in [-0.39, 0.29) is 18.3 Å². The average Bonchev–Trinajstić information content (AvgIpc) is 2.12. The summed E-state index contributed by atoms with van der Waals surface area (Å²) in [4.78, 5) is 0. The Bertz CT molecular complexity index is 175. The standard InChI is InChI=1S/C13H26O2/c1-6-7-8-10(2)13(5)15-12(4)9-11(3)14/h7-8,10-14H,6,9H2,1-5H3/b8-7-. The SMILES string of the molecule is CC/C=C\C(C)C(C)OC(C)CC(C)O. The van der Waals surface area contributed by atoms with Crippen molar-refractivity contribution >= 4 is 0 Å². The monoisotopic (exact) mass is 214 g/mol. The summed E-state index contributed by atoms with van der Waals surface area (Å²) in [6.07, 6.45) is 6.19. The van der Waals surface area contributed by atoms with Crippen LogP contribution >= 0.6 is 0 Å². The molecule has 0 aliphatic carbocycles. The van der Waals surface area contributed by atoms with Gasteiger partial charge in [0.05, 0.1) is 18.3 Å². The number of rotatable bonds is 7. The summed E-state index contributed by atoms with van der Waals surface area (Å²) < 4.78 is 5.81. The molecule has 0 amide bonds. The third-order valence-electron chi connectivity index (χ3n) is 2.54. The molecular weight excluding hydrogens is 188 g/mol. The Morgan fingerprint density at radius 2 is 1.80 bits per heavy atom. The van der Waals surface area contributed by atoms with Gasteiger partial charge in [-0.15, -0.1) is 0 Å². The molecule has 2 heteroatoms. The fourth-order valence-electron chi connectivity index (χ4n) is 1.53. The third kappa shape index (κ3) is 7.57. The van der Waals surface area contributed by atoms with Crippen LogP contribution in [0.1, 0.15) is 47.5 Å². The predicted molar refractivity (Wildman–Crippen MR) is 64.9 cm³/mol. The molecule has 0 fully saturated rings. The van der Waals surface area contributed by atoms with Crippen molar-refractivity contribution in [2.75, 3.05) is 0 Å². The summed E-state index contributed by atoms with van der Waals surface area (Å²) in [5.74, 6) is 0.432. The zero-order valence-corrected chi connectivity index (χ0v) is 10.7. The maximum absolute atomic E-state index is 9.22. The van der Waals surface area contributed by atoms with E-state index in [0.717, 1.165) is 6.42 Å². The van der Waals surface area contributed by atoms with Crippen LogP contribution in [0.4, 0.5) is 0 Å². The zero-order valence-electron chi connectivity index (χ0n) is 10.7. The first-order valence-electron chi connectivity index (χ1n) is 5.97. The van der Waals surface area contributed by atoms with Crippen molar-refractivity contribution < 1.29 is 9.84 Å². The Balaban J connectivity index is 3.89. The Labute approximate surface area is 94.3 Å². The maximum atomic E-state index is 9.22. The summed E-state index contributed by atoms with van der Waals surface area (Å²) in [7, 11) is 0. The Morgan fingerprint density at radius 3 is 2.27 bits per heavy atom. The Hall–Kier alpha value is -0.340. The fourth-order valence-corrected chi connectivity index (χ4v) is 1.53. The first kappa shape index (κ1) is 14.7. The highest BCUT2D eigenvalue weighted by Gasteiger charge is 2.14. The van der Waals surface area contributed by atoms with Gasteiger partial charge in [0, 0.05) is 0 Å². The first-order chi connectivity index (χ1) is 6.97. The molecular formula is C13H26O2. The second-order valence-electron chi connectivity index (χ2n) is 4.43. The van der Waals surface area contributed by atoms with Crippen LogP contribution < -0.4 is 0 Å². The minimum atomic E-state index is -0.284. The molecule has 4 unspecified atom stereocenters. The summed E-state index contributed by atoms with van der Waals surface area (Å²) in [6.45, 7) is 10.2. The molecule has 0 aromatic heterocycles. The summed E-state index contributed by atoms with van der Waals surface area (Å²) in [5.41, 5.74) is 0. The van der Waals surface area contributed by atoms with E-state index in [0.29, 0.717) is 12.3 Å². The van der Waals surface area contributed by atoms with Gasteiger partial charge >= 0.3 is 0 Å². The van der Waals surface area contributed by atoms with E-state index in [9.17, 15) is 5.11 Å². The van der Waals surface area contributed by atoms with E-state index in [2.05, 4.69) is 32.9 Å². The van der Waals surface area contributed by atoms with E-state index in [4.69, 9.17) is 4.74 Å². The van der Waals surface area contributed by atoms with Gasteiger partial charge in [0.2, 0.25) is 0 Å². The molecule has 0 aromatic carbocycles. The van der Waals surface area contributed by atoms with Crippen LogP contribution in [0.5, 0.6) is 0 Å². The fraction of sp³-hybridized carbons (Fsp3) is 0.846. The van der Waals surface area contributed by atoms with Crippen LogP contribution in [-0.2, 0) is 4.74 Å². The van der Waals surface area contributed by atoms with Crippen LogP contribution in [0.15, 0.2) is 12.2 Å². The lowest BCUT2D eigenvalue weighted by Gasteiger charge is -2.23. The number of aliphatic hydroxyl groups is 1. The topological polar surface area (TPSA) is 29.5 Å². The minimum Gasteiger partial charge on any atom is -0.393 e. The van der Waals surface area contributed by atoms with Gasteiger partial charge in [-0.25, -0.2) is 0 Å². The summed E-state index contributed by atoms with van der Waals surface area (Å²) in [5, 5.41) is 9.22. The highest BCUT2D eigenvalue weighted by atomic mass is 16.5. The minimum absolute atomic E-state index is 0.123. The van der Waals surface area contributed by atoms with Gasteiger partial charge in [0.1, 0.15) is 0 Å². The zero-order chi connectivity index (χ0) is 11.8. The normalized spacial score (nSPS) is 20.1. The molecule has 0 aliphatic heterocycles. The molecule has 0 bridgehead atoms. The number of ether oxygens (including phenoxy) is 1. The molecule has 2 nitrogen and oxygen atoms in total. The summed E-state index contributed by atoms with van der Waals surface area (Å²) in [6, 6.07) is 0. The molecule has 4 atom stereocenters. The number of hydrogen-bond donors (Lipinski definition) is 1. The van der Waals surface area contributed by atoms with Crippen LogP contribution in [0.25, 0.3) is 0 Å². The van der Waals surface area contributed by atoms with E-state index in [1.165, 1.54) is 0 Å². The second kappa shape index (κ2) is 7.89. The van der Waals surface area contributed by atoms with Crippen molar-refractivity contribution in [1.29, 1.82) is 0 Å². The molecule has 90 valence electrons. The largest absolute Gasteiger partial charge is 0.393 e. The number of aliphatic hydroxyl groups excluding tert-OH is 1. The molecule has 0 aliphatic rings. The average molecular weight is 214 g/mol. The third-order valence-corrected chi connectivity index (χ3v) is 2.54. The van der Waals surface area contributed by atoms with Crippen molar-refractivity contribution in [3.63, 3.8) is 0 Å². The molecule has 0 heterocycles. The van der Waals surface area contributed by atoms with E-state index >= 15 is 0 Å². The van der Waals surface area contributed by atoms with E-state index < -0.39 is 0 Å². The van der Waals surface area contributed by atoms with E-state index in [1.807, 2.05) is 6.92 Å². The highest BCUT2D eigenvalue weighted by molar-refractivity contribution is 4.88. The lowest BCUT2D eigenvalue weighted by molar-refractivity contribution is -0.0300. The van der Waals surface area contributed by atoms with Gasteiger partial charge in [0.25, 0.3) is 0 Å². The number of hydrogen-bond acceptors (Lipinski definition) is 2. The summed E-state index contributed by atoms with van der Waals surface area (Å²) >= 11 is 0. The number of allylic oxidation sites excluding steroid dienone is 1. The van der Waals surface area contributed by atoms with Gasteiger partial charge in [0.15, 0.2) is 0 Å². The van der Waals surface area contributed by atoms with Gasteiger partial charge < -0.3 is 9.84 Å². The van der Waals surface area contributed by atoms with Crippen LogP contribution in [0.3, 0.4) is 0 Å². The lowest BCUT2D eigenvalue weighted by atomic mass is 10.0. The van der Waals surface area contributed by atoms with Crippen LogP contribution in [0.2, 0.25) is 0 Å². The predicted octanol–water partition coefficient (Wildman–Crippen LogP) is 3.15. The smallest absolute Gasteiger partial charge is 0.0610 e. The van der Waals surface area contributed by atoms with Gasteiger partial charge in [-0.2, -0.15) is 0 Å². The second-order valence-corrected chi connectivity index (χ2v) is 4.43. The molecule has 1 N–H and O–H groups in total. The Morgan fingerprint density at radius 1 is 1.20 bits per heavy atom. The quantitative estimate of drug-likeness (QED) is 0.660. The van der Waals surface area contributed by atoms with Crippen molar-refractivity contribution in [3.05, 3.63) is 12.2 Å². The molecule has 0 aromatic rings. The van der Waals surface area contributed by atoms with Crippen molar-refractivity contribution in [3.8, 4) is 0 Å². The van der Waals surface area contributed by atoms with Gasteiger partial charge in [-0.05, 0) is 39.5 Å². The van der Waals surface area contributed by atoms with Crippen molar-refractivity contribution in [2.24, 2.45) is 5.92 Å². The van der Waals surface area contributed by atoms with Crippen molar-refractivity contribution in [1.82, 2.24) is 0 Å². The first-order valence-corrected chi connectivity index (χ1v) is 5.97. The highest BCUT2D eigenvalue weighted by Crippen LogP contribution is 2.13. The maximum Gasteiger partial charge on any atom is 0.0610 e. The molecule has 0 saturated heterocycles. The molecule has 0 saturated carbocycles. The lowest BCUT2D eigenvalue weighted by Crippen LogP contribution is -2.24. The Kier molecular flexibility index (Phi) is 7.71. The van der Waals surface area contributed by atoms with Crippen LogP contribution in [0, 0.1) is 5.92 Å².